The van der Waals surface area contributed by atoms with E-state index in [4.69, 9.17) is 4.74 Å². The molecule has 2 atom stereocenters. The number of hydrogen-bond donors (Lipinski definition) is 1. The zero-order valence-corrected chi connectivity index (χ0v) is 13.4. The third kappa shape index (κ3) is 4.43. The number of nitrogens with zero attached hydrogens (tertiary/aromatic N) is 1. The summed E-state index contributed by atoms with van der Waals surface area (Å²) in [6.07, 6.45) is 6.60. The topological polar surface area (TPSA) is 58.6 Å². The van der Waals surface area contributed by atoms with Crippen molar-refractivity contribution in [3.63, 3.8) is 0 Å². The van der Waals surface area contributed by atoms with Crippen molar-refractivity contribution in [3.05, 3.63) is 0 Å². The van der Waals surface area contributed by atoms with Gasteiger partial charge in [0.15, 0.2) is 0 Å². The first-order valence-electron chi connectivity index (χ1n) is 8.08. The maximum atomic E-state index is 12.7. The summed E-state index contributed by atoms with van der Waals surface area (Å²) in [6, 6.07) is 0. The van der Waals surface area contributed by atoms with Crippen molar-refractivity contribution in [2.24, 2.45) is 5.92 Å². The Labute approximate surface area is 127 Å². The summed E-state index contributed by atoms with van der Waals surface area (Å²) >= 11 is 0. The highest BCUT2D eigenvalue weighted by molar-refractivity contribution is 5.79. The van der Waals surface area contributed by atoms with Gasteiger partial charge in [0.2, 0.25) is 12.3 Å². The maximum absolute atomic E-state index is 12.7. The fourth-order valence-electron chi connectivity index (χ4n) is 3.45. The van der Waals surface area contributed by atoms with E-state index in [1.165, 1.54) is 6.42 Å². The van der Waals surface area contributed by atoms with E-state index in [2.05, 4.69) is 5.32 Å². The molecule has 2 aliphatic rings. The molecule has 1 saturated carbocycles. The molecule has 120 valence electrons. The average molecular weight is 296 g/mol. The predicted octanol–water partition coefficient (Wildman–Crippen LogP) is 2.05. The van der Waals surface area contributed by atoms with Crippen molar-refractivity contribution >= 4 is 12.3 Å². The largest absolute Gasteiger partial charge is 0.371 e. The van der Waals surface area contributed by atoms with E-state index in [0.717, 1.165) is 25.7 Å². The summed E-state index contributed by atoms with van der Waals surface area (Å²) in [5.41, 5.74) is -0.236. The number of likely N-dealkylation sites (tertiary alicyclic amines) is 1. The smallest absolute Gasteiger partial charge is 0.227 e. The molecule has 1 saturated heterocycles. The Bertz CT molecular complexity index is 372. The van der Waals surface area contributed by atoms with Crippen LogP contribution in [0.4, 0.5) is 0 Å². The number of nitrogens with one attached hydrogen (secondary N) is 1. The molecule has 2 unspecified atom stereocenters. The zero-order valence-electron chi connectivity index (χ0n) is 13.4. The molecule has 0 aromatic rings. The van der Waals surface area contributed by atoms with Crippen LogP contribution < -0.4 is 5.32 Å². The normalized spacial score (nSPS) is 27.7. The van der Waals surface area contributed by atoms with Crippen molar-refractivity contribution < 1.29 is 14.3 Å². The van der Waals surface area contributed by atoms with Crippen LogP contribution >= 0.6 is 0 Å². The third-order valence-electron chi connectivity index (χ3n) is 4.28. The van der Waals surface area contributed by atoms with Gasteiger partial charge in [0, 0.05) is 18.9 Å². The van der Waals surface area contributed by atoms with Gasteiger partial charge in [-0.25, -0.2) is 0 Å². The minimum absolute atomic E-state index is 0.00464. The average Bonchev–Trinajstić information content (AvgIpc) is 2.80. The number of ether oxygens (including phenoxy) is 1. The molecule has 1 aliphatic heterocycles. The molecule has 5 heteroatoms. The number of amides is 2. The van der Waals surface area contributed by atoms with Crippen LogP contribution in [-0.4, -0.2) is 41.6 Å². The first-order valence-corrected chi connectivity index (χ1v) is 8.08. The van der Waals surface area contributed by atoms with Crippen molar-refractivity contribution in [2.45, 2.75) is 77.2 Å². The molecular weight excluding hydrogens is 268 g/mol. The van der Waals surface area contributed by atoms with Gasteiger partial charge in [0.1, 0.15) is 6.17 Å². The van der Waals surface area contributed by atoms with Crippen molar-refractivity contribution in [1.82, 2.24) is 10.2 Å². The quantitative estimate of drug-likeness (QED) is 0.808. The molecule has 0 radical (unpaired) electrons. The number of hydrogen-bond acceptors (Lipinski definition) is 3. The predicted molar refractivity (Wildman–Crippen MR) is 80.5 cm³/mol. The molecule has 0 bridgehead atoms. The Morgan fingerprint density at radius 3 is 2.48 bits per heavy atom. The zero-order chi connectivity index (χ0) is 15.5. The van der Waals surface area contributed by atoms with E-state index >= 15 is 0 Å². The van der Waals surface area contributed by atoms with E-state index < -0.39 is 0 Å². The van der Waals surface area contributed by atoms with Gasteiger partial charge in [-0.15, -0.1) is 0 Å². The van der Waals surface area contributed by atoms with Crippen LogP contribution in [0.25, 0.3) is 0 Å². The fourth-order valence-corrected chi connectivity index (χ4v) is 3.45. The summed E-state index contributed by atoms with van der Waals surface area (Å²) in [6.45, 7) is 6.63. The highest BCUT2D eigenvalue weighted by Crippen LogP contribution is 2.30. The summed E-state index contributed by atoms with van der Waals surface area (Å²) in [4.78, 5) is 25.3. The molecule has 1 aliphatic carbocycles. The van der Waals surface area contributed by atoms with Gasteiger partial charge in [-0.3, -0.25) is 9.59 Å². The minimum Gasteiger partial charge on any atom is -0.371 e. The van der Waals surface area contributed by atoms with Crippen LogP contribution in [0.1, 0.15) is 59.3 Å². The van der Waals surface area contributed by atoms with Crippen molar-refractivity contribution in [1.29, 1.82) is 0 Å². The molecule has 2 amide bonds. The lowest BCUT2D eigenvalue weighted by molar-refractivity contribution is -0.139. The van der Waals surface area contributed by atoms with Gasteiger partial charge in [-0.1, -0.05) is 19.3 Å². The Balaban J connectivity index is 2.01. The standard InChI is InChI=1S/C16H28N2O3/c1-16(2,3)21-13-9-14(17-11-19)18(10-13)15(20)12-7-5-4-6-8-12/h11-14H,4-10H2,1-3H3,(H,17,19). The lowest BCUT2D eigenvalue weighted by Gasteiger charge is -2.30. The highest BCUT2D eigenvalue weighted by Gasteiger charge is 2.39. The summed E-state index contributed by atoms with van der Waals surface area (Å²) < 4.78 is 5.99. The third-order valence-corrected chi connectivity index (χ3v) is 4.28. The van der Waals surface area contributed by atoms with E-state index in [9.17, 15) is 9.59 Å². The molecule has 2 fully saturated rings. The monoisotopic (exact) mass is 296 g/mol. The number of carbonyl (C=O) groups is 2. The molecule has 21 heavy (non-hydrogen) atoms. The lowest BCUT2D eigenvalue weighted by Crippen LogP contribution is -2.47. The van der Waals surface area contributed by atoms with E-state index in [1.807, 2.05) is 25.7 Å². The Hall–Kier alpha value is -1.10. The van der Waals surface area contributed by atoms with Crippen LogP contribution in [0.5, 0.6) is 0 Å². The van der Waals surface area contributed by atoms with Gasteiger partial charge in [0.25, 0.3) is 0 Å². The summed E-state index contributed by atoms with van der Waals surface area (Å²) in [5, 5.41) is 2.77. The molecule has 1 heterocycles. The number of rotatable bonds is 4. The second-order valence-corrected chi connectivity index (χ2v) is 7.21. The second kappa shape index (κ2) is 6.77. The van der Waals surface area contributed by atoms with Gasteiger partial charge >= 0.3 is 0 Å². The highest BCUT2D eigenvalue weighted by atomic mass is 16.5. The molecule has 0 aromatic carbocycles. The summed E-state index contributed by atoms with van der Waals surface area (Å²) in [5.74, 6) is 0.317. The van der Waals surface area contributed by atoms with E-state index in [1.54, 1.807) is 0 Å². The molecule has 1 N–H and O–H groups in total. The van der Waals surface area contributed by atoms with Crippen LogP contribution in [-0.2, 0) is 14.3 Å². The van der Waals surface area contributed by atoms with Crippen LogP contribution in [0.3, 0.4) is 0 Å². The first-order chi connectivity index (χ1) is 9.90. The number of carbonyl (C=O) groups excluding carboxylic acids is 2. The Kier molecular flexibility index (Phi) is 5.25. The molecule has 0 aromatic heterocycles. The van der Waals surface area contributed by atoms with Gasteiger partial charge in [0.05, 0.1) is 11.7 Å². The molecule has 2 rings (SSSR count). The maximum Gasteiger partial charge on any atom is 0.227 e. The van der Waals surface area contributed by atoms with Gasteiger partial charge < -0.3 is 15.0 Å². The lowest BCUT2D eigenvalue weighted by atomic mass is 9.88. The van der Waals surface area contributed by atoms with E-state index in [-0.39, 0.29) is 29.7 Å². The second-order valence-electron chi connectivity index (χ2n) is 7.21. The minimum atomic E-state index is -0.236. The first kappa shape index (κ1) is 16.3. The van der Waals surface area contributed by atoms with E-state index in [0.29, 0.717) is 19.4 Å². The van der Waals surface area contributed by atoms with Crippen LogP contribution in [0, 0.1) is 5.92 Å². The summed E-state index contributed by atoms with van der Waals surface area (Å²) in [7, 11) is 0. The Morgan fingerprint density at radius 2 is 1.90 bits per heavy atom. The van der Waals surface area contributed by atoms with Crippen molar-refractivity contribution in [2.75, 3.05) is 6.54 Å². The SMILES string of the molecule is CC(C)(C)OC1CC(NC=O)N(C(=O)C2CCCCC2)C1. The van der Waals surface area contributed by atoms with Crippen LogP contribution in [0.15, 0.2) is 0 Å². The Morgan fingerprint density at radius 1 is 1.24 bits per heavy atom. The molecular formula is C16H28N2O3. The van der Waals surface area contributed by atoms with Gasteiger partial charge in [-0.05, 0) is 33.6 Å². The fraction of sp³-hybridized carbons (Fsp3) is 0.875. The van der Waals surface area contributed by atoms with Crippen molar-refractivity contribution in [3.8, 4) is 0 Å². The molecule has 5 nitrogen and oxygen atoms in total. The van der Waals surface area contributed by atoms with Gasteiger partial charge in [-0.2, -0.15) is 0 Å². The van der Waals surface area contributed by atoms with Crippen LogP contribution in [0.2, 0.25) is 0 Å². The molecule has 0 spiro atoms.